The Labute approximate surface area is 43.9 Å². The predicted octanol–water partition coefficient (Wildman–Crippen LogP) is 0.744. The molecule has 2 saturated carbocycles. The normalized spacial score (nSPS) is 49.3. The van der Waals surface area contributed by atoms with Gasteiger partial charge >= 0.3 is 0 Å². The molecular formula is C6H11N. The Kier molecular flexibility index (Phi) is 0.571. The molecule has 0 aromatic rings. The predicted molar refractivity (Wildman–Crippen MR) is 28.8 cm³/mol. The van der Waals surface area contributed by atoms with Crippen molar-refractivity contribution in [1.29, 1.82) is 0 Å². The van der Waals surface area contributed by atoms with Gasteiger partial charge in [0, 0.05) is 6.04 Å². The van der Waals surface area contributed by atoms with Crippen LogP contribution in [0.2, 0.25) is 0 Å². The van der Waals surface area contributed by atoms with Crippen LogP contribution < -0.4 is 5.73 Å². The Bertz CT molecular complexity index is 80.2. The first kappa shape index (κ1) is 3.90. The highest BCUT2D eigenvalue weighted by molar-refractivity contribution is 4.97. The second kappa shape index (κ2) is 1.03. The molecule has 0 spiro atoms. The van der Waals surface area contributed by atoms with Crippen molar-refractivity contribution in [1.82, 2.24) is 0 Å². The van der Waals surface area contributed by atoms with Gasteiger partial charge in [0.25, 0.3) is 0 Å². The molecule has 0 aliphatic heterocycles. The minimum atomic E-state index is 0.573. The Morgan fingerprint density at radius 2 is 1.57 bits per heavy atom. The zero-order chi connectivity index (χ0) is 4.85. The third-order valence-corrected chi connectivity index (χ3v) is 2.28. The van der Waals surface area contributed by atoms with Crippen molar-refractivity contribution in [2.24, 2.45) is 17.6 Å². The Morgan fingerprint density at radius 1 is 1.00 bits per heavy atom. The summed E-state index contributed by atoms with van der Waals surface area (Å²) in [5, 5.41) is 0. The van der Waals surface area contributed by atoms with Crippen LogP contribution in [0.15, 0.2) is 0 Å². The van der Waals surface area contributed by atoms with Gasteiger partial charge in [-0.15, -0.1) is 0 Å². The maximum absolute atomic E-state index is 5.66. The topological polar surface area (TPSA) is 26.0 Å². The van der Waals surface area contributed by atoms with Crippen molar-refractivity contribution < 1.29 is 0 Å². The average Bonchev–Trinajstić information content (AvgIpc) is 2.15. The van der Waals surface area contributed by atoms with Crippen molar-refractivity contribution in [3.8, 4) is 0 Å². The number of nitrogens with two attached hydrogens (primary N) is 1. The lowest BCUT2D eigenvalue weighted by Crippen LogP contribution is -2.16. The highest BCUT2D eigenvalue weighted by Crippen LogP contribution is 2.50. The van der Waals surface area contributed by atoms with Gasteiger partial charge in [0.2, 0.25) is 0 Å². The van der Waals surface area contributed by atoms with E-state index in [4.69, 9.17) is 5.73 Å². The number of fused-ring (bicyclic) bond motifs is 1. The first-order valence-electron chi connectivity index (χ1n) is 3.12. The Hall–Kier alpha value is -0.0400. The fourth-order valence-corrected chi connectivity index (χ4v) is 1.76. The lowest BCUT2D eigenvalue weighted by atomic mass is 10.2. The molecule has 2 N–H and O–H groups in total. The van der Waals surface area contributed by atoms with Gasteiger partial charge in [-0.05, 0) is 31.1 Å². The summed E-state index contributed by atoms with van der Waals surface area (Å²) >= 11 is 0. The monoisotopic (exact) mass is 97.1 g/mol. The summed E-state index contributed by atoms with van der Waals surface area (Å²) in [6.07, 6.45) is 4.14. The molecule has 2 atom stereocenters. The SMILES string of the molecule is NC1C[C@@H]2C[C@H]2C1. The highest BCUT2D eigenvalue weighted by Gasteiger charge is 2.44. The molecule has 2 fully saturated rings. The number of rotatable bonds is 0. The maximum atomic E-state index is 5.66. The number of hydrogen-bond acceptors (Lipinski definition) is 1. The highest BCUT2D eigenvalue weighted by atomic mass is 14.7. The molecule has 0 unspecified atom stereocenters. The van der Waals surface area contributed by atoms with Crippen LogP contribution >= 0.6 is 0 Å². The van der Waals surface area contributed by atoms with Gasteiger partial charge in [-0.2, -0.15) is 0 Å². The van der Waals surface area contributed by atoms with E-state index in [1.807, 2.05) is 0 Å². The van der Waals surface area contributed by atoms with Gasteiger partial charge in [0.15, 0.2) is 0 Å². The largest absolute Gasteiger partial charge is 0.328 e. The molecule has 0 heterocycles. The molecule has 40 valence electrons. The van der Waals surface area contributed by atoms with E-state index in [0.29, 0.717) is 6.04 Å². The third-order valence-electron chi connectivity index (χ3n) is 2.28. The van der Waals surface area contributed by atoms with E-state index in [-0.39, 0.29) is 0 Å². The van der Waals surface area contributed by atoms with Crippen LogP contribution in [0.1, 0.15) is 19.3 Å². The Morgan fingerprint density at radius 3 is 1.86 bits per heavy atom. The minimum absolute atomic E-state index is 0.573. The standard InChI is InChI=1S/C6H11N/c7-6-2-4-1-5(4)3-6/h4-6H,1-3,7H2/t4-,5-/m0/s1. The molecule has 0 aromatic heterocycles. The summed E-state index contributed by atoms with van der Waals surface area (Å²) in [6.45, 7) is 0. The van der Waals surface area contributed by atoms with Gasteiger partial charge in [0.1, 0.15) is 0 Å². The zero-order valence-electron chi connectivity index (χ0n) is 4.43. The first-order chi connectivity index (χ1) is 3.36. The van der Waals surface area contributed by atoms with E-state index in [9.17, 15) is 0 Å². The summed E-state index contributed by atoms with van der Waals surface area (Å²) in [6, 6.07) is 0.573. The molecule has 7 heavy (non-hydrogen) atoms. The summed E-state index contributed by atoms with van der Waals surface area (Å²) in [5.41, 5.74) is 5.66. The number of hydrogen-bond donors (Lipinski definition) is 1. The first-order valence-corrected chi connectivity index (χ1v) is 3.12. The molecule has 0 aromatic carbocycles. The molecule has 2 aliphatic carbocycles. The molecular weight excluding hydrogens is 86.1 g/mol. The lowest BCUT2D eigenvalue weighted by molar-refractivity contribution is 0.614. The van der Waals surface area contributed by atoms with E-state index in [1.54, 1.807) is 0 Å². The van der Waals surface area contributed by atoms with Crippen LogP contribution in [0.5, 0.6) is 0 Å². The van der Waals surface area contributed by atoms with Crippen molar-refractivity contribution in [3.63, 3.8) is 0 Å². The van der Waals surface area contributed by atoms with Crippen LogP contribution in [0.3, 0.4) is 0 Å². The van der Waals surface area contributed by atoms with Crippen molar-refractivity contribution in [2.45, 2.75) is 25.3 Å². The summed E-state index contributed by atoms with van der Waals surface area (Å²) in [4.78, 5) is 0. The smallest absolute Gasteiger partial charge is 0.00443 e. The molecule has 2 rings (SSSR count). The maximum Gasteiger partial charge on any atom is 0.00443 e. The van der Waals surface area contributed by atoms with Gasteiger partial charge in [-0.1, -0.05) is 0 Å². The molecule has 0 amide bonds. The molecule has 0 bridgehead atoms. The summed E-state index contributed by atoms with van der Waals surface area (Å²) in [7, 11) is 0. The second-order valence-corrected chi connectivity index (χ2v) is 2.99. The van der Waals surface area contributed by atoms with E-state index in [0.717, 1.165) is 11.8 Å². The van der Waals surface area contributed by atoms with Crippen molar-refractivity contribution >= 4 is 0 Å². The second-order valence-electron chi connectivity index (χ2n) is 2.99. The molecule has 1 heteroatoms. The Balaban J connectivity index is 2.02. The molecule has 1 nitrogen and oxygen atoms in total. The molecule has 2 aliphatic rings. The van der Waals surface area contributed by atoms with Gasteiger partial charge in [0.05, 0.1) is 0 Å². The minimum Gasteiger partial charge on any atom is -0.328 e. The van der Waals surface area contributed by atoms with Crippen LogP contribution in [0.25, 0.3) is 0 Å². The van der Waals surface area contributed by atoms with Crippen LogP contribution in [-0.4, -0.2) is 6.04 Å². The van der Waals surface area contributed by atoms with Crippen LogP contribution in [0.4, 0.5) is 0 Å². The van der Waals surface area contributed by atoms with Gasteiger partial charge in [-0.25, -0.2) is 0 Å². The van der Waals surface area contributed by atoms with Crippen molar-refractivity contribution in [3.05, 3.63) is 0 Å². The van der Waals surface area contributed by atoms with E-state index in [1.165, 1.54) is 19.3 Å². The molecule has 0 saturated heterocycles. The summed E-state index contributed by atoms with van der Waals surface area (Å²) in [5.74, 6) is 2.13. The fourth-order valence-electron chi connectivity index (χ4n) is 1.76. The van der Waals surface area contributed by atoms with E-state index in [2.05, 4.69) is 0 Å². The molecule has 0 radical (unpaired) electrons. The lowest BCUT2D eigenvalue weighted by Gasteiger charge is -1.99. The van der Waals surface area contributed by atoms with Gasteiger partial charge in [-0.3, -0.25) is 0 Å². The average molecular weight is 97.2 g/mol. The van der Waals surface area contributed by atoms with Crippen LogP contribution in [0, 0.1) is 11.8 Å². The van der Waals surface area contributed by atoms with E-state index < -0.39 is 0 Å². The van der Waals surface area contributed by atoms with Gasteiger partial charge < -0.3 is 5.73 Å². The fraction of sp³-hybridized carbons (Fsp3) is 1.00. The summed E-state index contributed by atoms with van der Waals surface area (Å²) < 4.78 is 0. The van der Waals surface area contributed by atoms with E-state index >= 15 is 0 Å². The van der Waals surface area contributed by atoms with Crippen LogP contribution in [-0.2, 0) is 0 Å². The quantitative estimate of drug-likeness (QED) is 0.474. The zero-order valence-corrected chi connectivity index (χ0v) is 4.43. The van der Waals surface area contributed by atoms with Crippen molar-refractivity contribution in [2.75, 3.05) is 0 Å². The third kappa shape index (κ3) is 0.480.